The van der Waals surface area contributed by atoms with Crippen molar-refractivity contribution in [3.8, 4) is 112 Å². The van der Waals surface area contributed by atoms with Gasteiger partial charge >= 0.3 is 0 Å². The van der Waals surface area contributed by atoms with Gasteiger partial charge in [-0.3, -0.25) is 0 Å². The van der Waals surface area contributed by atoms with E-state index in [2.05, 4.69) is 234 Å². The van der Waals surface area contributed by atoms with Crippen molar-refractivity contribution in [3.05, 3.63) is 418 Å². The third-order valence-electron chi connectivity index (χ3n) is 27.8. The summed E-state index contributed by atoms with van der Waals surface area (Å²) in [5.41, 5.74) is 38.8. The van der Waals surface area contributed by atoms with E-state index in [0.717, 1.165) is 161 Å². The topological polar surface area (TPSA) is 150 Å². The molecule has 0 aliphatic carbocycles. The van der Waals surface area contributed by atoms with Gasteiger partial charge < -0.3 is 22.1 Å². The van der Waals surface area contributed by atoms with Crippen LogP contribution in [0, 0.1) is 110 Å². The van der Waals surface area contributed by atoms with Gasteiger partial charge in [0.05, 0.1) is 27.8 Å². The summed E-state index contributed by atoms with van der Waals surface area (Å²) in [6, 6.07) is 98.9. The van der Waals surface area contributed by atoms with Crippen LogP contribution in [0.5, 0.6) is 0 Å². The molecule has 15 nitrogen and oxygen atoms in total. The number of furan rings is 5. The molecule has 0 saturated heterocycles. The maximum absolute atomic E-state index is 8.17. The Morgan fingerprint density at radius 1 is 0.199 bits per heavy atom. The number of hydrogen-bond donors (Lipinski definition) is 0. The number of fused-ring (bicyclic) bond motifs is 15. The van der Waals surface area contributed by atoms with Crippen molar-refractivity contribution in [2.45, 2.75) is 110 Å². The molecule has 15 aromatic heterocycles. The number of benzene rings is 10. The van der Waals surface area contributed by atoms with Crippen molar-refractivity contribution >= 4 is 110 Å². The van der Waals surface area contributed by atoms with Crippen molar-refractivity contribution in [3.63, 3.8) is 0 Å². The summed E-state index contributed by atoms with van der Waals surface area (Å²) in [4.78, 5) is 22.8. The molecule has 10 aromatic carbocycles. The Balaban J connectivity index is 0.000000114. The largest absolute Gasteiger partial charge is 0.437 e. The van der Waals surface area contributed by atoms with Gasteiger partial charge in [-0.15, -0.1) is 0 Å². The van der Waals surface area contributed by atoms with Crippen molar-refractivity contribution in [2.24, 2.45) is 35.2 Å². The van der Waals surface area contributed by atoms with Crippen LogP contribution < -0.4 is 22.8 Å². The lowest BCUT2D eigenvalue weighted by Gasteiger charge is -2.11. The second kappa shape index (κ2) is 38.9. The van der Waals surface area contributed by atoms with Crippen LogP contribution >= 0.6 is 0 Å². The number of aromatic nitrogens is 10. The summed E-state index contributed by atoms with van der Waals surface area (Å²) < 4.78 is 139. The molecule has 146 heavy (non-hydrogen) atoms. The first kappa shape index (κ1) is 81.3. The fraction of sp³-hybridized carbons (Fsp3) is 0.160. The average molecular weight is 1920 g/mol. The third kappa shape index (κ3) is 17.8. The Morgan fingerprint density at radius 3 is 0.774 bits per heavy atom. The lowest BCUT2D eigenvalue weighted by atomic mass is 9.94. The van der Waals surface area contributed by atoms with Gasteiger partial charge in [0, 0.05) is 158 Å². The van der Waals surface area contributed by atoms with Gasteiger partial charge in [0.25, 0.3) is 0 Å². The van der Waals surface area contributed by atoms with Crippen LogP contribution in [0.25, 0.3) is 222 Å². The fourth-order valence-corrected chi connectivity index (χ4v) is 20.5. The van der Waals surface area contributed by atoms with E-state index in [4.69, 9.17) is 38.5 Å². The monoisotopic (exact) mass is 1920 g/mol. The minimum atomic E-state index is -2.36. The quantitative estimate of drug-likeness (QED) is 0.121. The zero-order chi connectivity index (χ0) is 111. The Kier molecular flexibility index (Phi) is 21.6. The first-order chi connectivity index (χ1) is 75.4. The third-order valence-corrected chi connectivity index (χ3v) is 27.8. The molecular weight excluding hydrogens is 1790 g/mol. The van der Waals surface area contributed by atoms with E-state index in [0.29, 0.717) is 95.0 Å². The summed E-state index contributed by atoms with van der Waals surface area (Å²) in [6.45, 7) is 14.9. The lowest BCUT2D eigenvalue weighted by Crippen LogP contribution is -2.31. The fourth-order valence-electron chi connectivity index (χ4n) is 20.5. The van der Waals surface area contributed by atoms with E-state index in [1.807, 2.05) is 224 Å². The van der Waals surface area contributed by atoms with E-state index < -0.39 is 27.4 Å². The molecule has 0 aliphatic rings. The molecule has 15 heteroatoms. The zero-order valence-electron chi connectivity index (χ0n) is 96.7. The van der Waals surface area contributed by atoms with Gasteiger partial charge in [0.15, 0.2) is 58.9 Å². The molecule has 0 bridgehead atoms. The van der Waals surface area contributed by atoms with Gasteiger partial charge in [-0.25, -0.2) is 47.8 Å². The molecule has 0 N–H and O–H groups in total. The molecule has 0 aliphatic heterocycles. The normalized spacial score (nSPS) is 13.0. The highest BCUT2D eigenvalue weighted by Crippen LogP contribution is 2.47. The molecule has 0 amide bonds. The van der Waals surface area contributed by atoms with Crippen LogP contribution in [-0.2, 0) is 35.2 Å². The summed E-state index contributed by atoms with van der Waals surface area (Å²) in [6.07, 6.45) is 9.67. The number of pyridine rings is 10. The Labute approximate surface area is 867 Å². The van der Waals surface area contributed by atoms with Crippen LogP contribution in [0.15, 0.2) is 350 Å². The van der Waals surface area contributed by atoms with Gasteiger partial charge in [0.1, 0.15) is 35.2 Å². The van der Waals surface area contributed by atoms with E-state index in [9.17, 15) is 0 Å². The minimum Gasteiger partial charge on any atom is -0.437 e. The van der Waals surface area contributed by atoms with Crippen molar-refractivity contribution < 1.29 is 61.4 Å². The van der Waals surface area contributed by atoms with E-state index >= 15 is 0 Å². The summed E-state index contributed by atoms with van der Waals surface area (Å²) in [5, 5.41) is 8.82. The molecule has 0 fully saturated rings. The van der Waals surface area contributed by atoms with E-state index in [1.165, 1.54) is 44.5 Å². The number of hydrogen-bond acceptors (Lipinski definition) is 10. The predicted molar refractivity (Wildman–Crippen MR) is 594 cm³/mol. The van der Waals surface area contributed by atoms with Gasteiger partial charge in [-0.2, -0.15) is 0 Å². The SMILES string of the molecule is Cc1ccc2c(n1)oc1c(-c3cc(-c4ccccc4)c(C)c[n+]3C)c(C)cc(C)c12.Cc1ccc2c(n1)oc1c(-c3cc(-c4ccccc4)cc[n+]3C)c(C)ccc12.[2H]C([2H])([2H])c1c[n+](C)c(-c2c(C)cc(C([2H])([2H])[2H])c3c2oc2nc(C)ccc23)cc1-c1ccccc1.[2H]C([2H])([2H])c1c[n+](C)c(-c2c(C)ccc3c2oc2nc(C)ccc23)cc1-c1ccccc1.[2H]C([2H])([2H])c1cc(C)c(-c2cc(-c3ccccc3)cc[n+]2C)c2oc3nc(C)ccc3c12. The maximum Gasteiger partial charge on any atom is 0.227 e. The number of rotatable bonds is 10. The molecule has 15 heterocycles. The Morgan fingerprint density at radius 2 is 0.452 bits per heavy atom. The highest BCUT2D eigenvalue weighted by molar-refractivity contribution is 6.15. The van der Waals surface area contributed by atoms with E-state index in [-0.39, 0.29) is 11.1 Å². The van der Waals surface area contributed by atoms with Crippen LogP contribution in [0.1, 0.15) is 106 Å². The standard InChI is InChI=1S/2C27H25N2O.2C26H23N2O.C25H21N2O/c2*1-16-13-17(2)25(26-24(16)21-12-11-19(4)28-27(21)30-26)23-14-22(18(3)15-29(23)5)20-9-7-6-8-10-20;1-16-10-12-20-21-13-11-18(3)27-26(21)29-25(20)24(16)23-14-22(17(2)15-28(23)4)19-8-6-5-7-9-19;1-16-14-17(2)24(25-23(16)21-11-10-18(3)27-26(21)29-25)22-15-20(12-13-28(22)4)19-8-6-5-7-9-19;1-16-9-11-20-21-12-10-17(2)26-25(21)28-24(20)23(16)22-15-19(13-14-27(22)3)18-7-5-4-6-8-18/h2*6-15H,1-5H3;2*5-15H,1-4H3;4-15H,1-3H3/q5*+1/i1D3,3D3;;2D3;1D3;. The second-order valence-corrected chi connectivity index (χ2v) is 38.2. The molecule has 0 atom stereocenters. The summed E-state index contributed by atoms with van der Waals surface area (Å²) in [7, 11) is 9.83. The Bertz CT molecular complexity index is 10000. The van der Waals surface area contributed by atoms with Crippen molar-refractivity contribution in [1.82, 2.24) is 24.9 Å². The molecule has 0 unspecified atom stereocenters. The number of aryl methyl sites for hydroxylation is 21. The van der Waals surface area contributed by atoms with Crippen molar-refractivity contribution in [1.29, 1.82) is 0 Å². The molecule has 0 saturated carbocycles. The first-order valence-electron chi connectivity index (χ1n) is 54.8. The predicted octanol–water partition coefficient (Wildman–Crippen LogP) is 30.6. The molecule has 25 aromatic rings. The molecule has 0 radical (unpaired) electrons. The van der Waals surface area contributed by atoms with Gasteiger partial charge in [0.2, 0.25) is 57.0 Å². The molecule has 0 spiro atoms. The van der Waals surface area contributed by atoms with Gasteiger partial charge in [-0.05, 0) is 271 Å². The van der Waals surface area contributed by atoms with E-state index in [1.54, 1.807) is 36.1 Å². The van der Waals surface area contributed by atoms with Crippen molar-refractivity contribution in [2.75, 3.05) is 0 Å². The number of nitrogens with zero attached hydrogens (tertiary/aromatic N) is 10. The highest BCUT2D eigenvalue weighted by Gasteiger charge is 2.32. The lowest BCUT2D eigenvalue weighted by molar-refractivity contribution is -0.660. The first-order valence-corrected chi connectivity index (χ1v) is 48.8. The minimum absolute atomic E-state index is 0.202. The summed E-state index contributed by atoms with van der Waals surface area (Å²) in [5.74, 6) is 0. The zero-order valence-corrected chi connectivity index (χ0v) is 84.7. The molecule has 25 rings (SSSR count). The maximum atomic E-state index is 8.17. The average Bonchev–Trinajstić information content (AvgIpc) is 1.55. The smallest absolute Gasteiger partial charge is 0.227 e. The second-order valence-electron chi connectivity index (χ2n) is 38.2. The molecular formula is C131H117N10O5+5. The van der Waals surface area contributed by atoms with Crippen LogP contribution in [0.4, 0.5) is 0 Å². The van der Waals surface area contributed by atoms with Gasteiger partial charge in [-0.1, -0.05) is 194 Å². The molecule has 716 valence electrons. The Hall–Kier alpha value is -17.3. The highest BCUT2D eigenvalue weighted by atomic mass is 16.4. The summed E-state index contributed by atoms with van der Waals surface area (Å²) >= 11 is 0. The van der Waals surface area contributed by atoms with Crippen LogP contribution in [0.3, 0.4) is 0 Å². The van der Waals surface area contributed by atoms with Crippen LogP contribution in [0.2, 0.25) is 0 Å². The van der Waals surface area contributed by atoms with Crippen LogP contribution in [-0.4, -0.2) is 24.9 Å².